The Balaban J connectivity index is 1.51. The molecule has 0 aromatic carbocycles. The van der Waals surface area contributed by atoms with Gasteiger partial charge in [-0.3, -0.25) is 14.4 Å². The van der Waals surface area contributed by atoms with Crippen LogP contribution in [-0.2, 0) is 57.0 Å². The fraction of sp³-hybridized carbons (Fsp3) is 0.917. The molecule has 370 valence electrons. The van der Waals surface area contributed by atoms with Crippen LogP contribution in [0, 0.1) is 0 Å². The van der Waals surface area contributed by atoms with Crippen LogP contribution in [0.1, 0.15) is 27.7 Å². The van der Waals surface area contributed by atoms with Gasteiger partial charge in [0.1, 0.15) is 116 Å². The monoisotopic (exact) mass is 935 g/mol. The third-order valence-corrected chi connectivity index (χ3v) is 11.5. The zero-order valence-corrected chi connectivity index (χ0v) is 35.0. The topological polar surface area (TPSA) is 433 Å². The van der Waals surface area contributed by atoms with Crippen LogP contribution in [0.3, 0.4) is 0 Å². The van der Waals surface area contributed by atoms with E-state index in [-0.39, 0.29) is 0 Å². The minimum atomic E-state index is -2.05. The van der Waals surface area contributed by atoms with Gasteiger partial charge in [-0.05, 0) is 6.92 Å². The van der Waals surface area contributed by atoms with E-state index in [1.54, 1.807) is 0 Å². The first-order valence-corrected chi connectivity index (χ1v) is 20.4. The second-order valence-corrected chi connectivity index (χ2v) is 16.2. The number of nitrogens with one attached hydrogen (secondary N) is 3. The number of carbonyl (C=O) groups excluding carboxylic acids is 3. The highest BCUT2D eigenvalue weighted by Gasteiger charge is 2.57. The molecule has 0 aliphatic carbocycles. The minimum Gasteiger partial charge on any atom is -0.394 e. The quantitative estimate of drug-likeness (QED) is 0.0725. The molecule has 0 aromatic heterocycles. The number of amides is 3. The Morgan fingerprint density at radius 3 is 1.47 bits per heavy atom. The van der Waals surface area contributed by atoms with Gasteiger partial charge >= 0.3 is 0 Å². The Kier molecular flexibility index (Phi) is 18.5. The van der Waals surface area contributed by atoms with Gasteiger partial charge < -0.3 is 125 Å². The van der Waals surface area contributed by atoms with Gasteiger partial charge in [0.05, 0.1) is 32.5 Å². The number of carbonyl (C=O) groups is 3. The van der Waals surface area contributed by atoms with E-state index >= 15 is 0 Å². The number of aliphatic hydroxyl groups is 13. The molecular weight excluding hydrogens is 874 g/mol. The van der Waals surface area contributed by atoms with E-state index in [2.05, 4.69) is 16.0 Å². The van der Waals surface area contributed by atoms with Crippen LogP contribution in [0.25, 0.3) is 0 Å². The van der Waals surface area contributed by atoms with Crippen molar-refractivity contribution in [3.63, 3.8) is 0 Å². The summed E-state index contributed by atoms with van der Waals surface area (Å²) in [7, 11) is 0. The van der Waals surface area contributed by atoms with Gasteiger partial charge in [-0.15, -0.1) is 0 Å². The molecule has 0 saturated carbocycles. The highest BCUT2D eigenvalue weighted by Crippen LogP contribution is 2.36. The lowest BCUT2D eigenvalue weighted by molar-refractivity contribution is -0.397. The lowest BCUT2D eigenvalue weighted by Gasteiger charge is -2.51. The van der Waals surface area contributed by atoms with Crippen molar-refractivity contribution in [3.05, 3.63) is 0 Å². The fourth-order valence-corrected chi connectivity index (χ4v) is 8.05. The molecule has 25 atom stereocenters. The van der Waals surface area contributed by atoms with E-state index in [9.17, 15) is 80.8 Å². The summed E-state index contributed by atoms with van der Waals surface area (Å²) < 4.78 is 52.7. The van der Waals surface area contributed by atoms with E-state index in [0.29, 0.717) is 0 Å². The molecule has 0 bridgehead atoms. The highest BCUT2D eigenvalue weighted by atomic mass is 16.8. The molecule has 5 fully saturated rings. The van der Waals surface area contributed by atoms with E-state index in [4.69, 9.17) is 42.6 Å². The third-order valence-electron chi connectivity index (χ3n) is 11.5. The SMILES string of the molecule is CC(=O)N[C@@H]1[C@@H](O)[C@@H](O)[C@@H](CO[C@@H]2O[C@H](CO)[C@@H](O)[C@H](O[C@@H]3O[C@H](CO)[C@H](O)[C@H](O[C@H]4O[C@H](CO)[C@H](O)[C@H](O)[C@H]4NC(C)=O)[C@H]3O[C@@H]3O[C@@H](C)[C@@H](O)[C@@H](O)[C@@H]3O)[C@H]2NC(C)=O)O[C@H]1O. The van der Waals surface area contributed by atoms with Crippen LogP contribution in [0.2, 0.25) is 0 Å². The Morgan fingerprint density at radius 1 is 0.438 bits per heavy atom. The summed E-state index contributed by atoms with van der Waals surface area (Å²) in [5.41, 5.74) is 0. The number of rotatable bonds is 15. The van der Waals surface area contributed by atoms with Gasteiger partial charge in [-0.1, -0.05) is 0 Å². The molecule has 5 aliphatic rings. The fourth-order valence-electron chi connectivity index (χ4n) is 8.05. The Morgan fingerprint density at radius 2 is 0.891 bits per heavy atom. The summed E-state index contributed by atoms with van der Waals surface area (Å²) in [5, 5.41) is 147. The average molecular weight is 936 g/mol. The van der Waals surface area contributed by atoms with E-state index in [0.717, 1.165) is 20.8 Å². The van der Waals surface area contributed by atoms with Crippen molar-refractivity contribution in [3.8, 4) is 0 Å². The predicted molar refractivity (Wildman–Crippen MR) is 200 cm³/mol. The van der Waals surface area contributed by atoms with Crippen LogP contribution in [0.15, 0.2) is 0 Å². The summed E-state index contributed by atoms with van der Waals surface area (Å²) in [6.07, 6.45) is -39.5. The maximum Gasteiger partial charge on any atom is 0.217 e. The van der Waals surface area contributed by atoms with Gasteiger partial charge in [0, 0.05) is 20.8 Å². The summed E-state index contributed by atoms with van der Waals surface area (Å²) in [6.45, 7) is 0.967. The molecule has 3 amide bonds. The van der Waals surface area contributed by atoms with E-state index in [1.165, 1.54) is 6.92 Å². The zero-order chi connectivity index (χ0) is 47.5. The molecule has 5 heterocycles. The second-order valence-electron chi connectivity index (χ2n) is 16.2. The predicted octanol–water partition coefficient (Wildman–Crippen LogP) is -10.5. The molecule has 5 aliphatic heterocycles. The lowest BCUT2D eigenvalue weighted by Crippen LogP contribution is -2.71. The van der Waals surface area contributed by atoms with Gasteiger partial charge in [0.15, 0.2) is 31.5 Å². The smallest absolute Gasteiger partial charge is 0.217 e. The molecule has 5 rings (SSSR count). The van der Waals surface area contributed by atoms with Crippen LogP contribution in [-0.4, -0.2) is 264 Å². The van der Waals surface area contributed by atoms with Crippen molar-refractivity contribution in [2.45, 2.75) is 181 Å². The van der Waals surface area contributed by atoms with Crippen molar-refractivity contribution in [2.24, 2.45) is 0 Å². The largest absolute Gasteiger partial charge is 0.394 e. The second kappa shape index (κ2) is 22.6. The minimum absolute atomic E-state index is 0.659. The highest BCUT2D eigenvalue weighted by molar-refractivity contribution is 5.74. The zero-order valence-electron chi connectivity index (χ0n) is 35.0. The third kappa shape index (κ3) is 11.6. The number of aliphatic hydroxyl groups excluding tert-OH is 13. The van der Waals surface area contributed by atoms with Gasteiger partial charge in [-0.25, -0.2) is 0 Å². The number of hydrogen-bond acceptors (Lipinski definition) is 25. The number of hydrogen-bond donors (Lipinski definition) is 16. The first kappa shape index (κ1) is 52.5. The molecule has 0 radical (unpaired) electrons. The Labute approximate surface area is 364 Å². The van der Waals surface area contributed by atoms with Crippen molar-refractivity contribution in [1.29, 1.82) is 0 Å². The normalized spacial score (nSPS) is 47.7. The van der Waals surface area contributed by atoms with Crippen molar-refractivity contribution >= 4 is 17.7 Å². The molecular formula is C36H61N3O25. The molecule has 5 saturated heterocycles. The molecule has 28 heteroatoms. The maximum atomic E-state index is 12.7. The first-order valence-electron chi connectivity index (χ1n) is 20.4. The first-order chi connectivity index (χ1) is 30.1. The van der Waals surface area contributed by atoms with Crippen molar-refractivity contribution in [1.82, 2.24) is 16.0 Å². The van der Waals surface area contributed by atoms with Crippen molar-refractivity contribution < 1.29 is 123 Å². The van der Waals surface area contributed by atoms with Gasteiger partial charge in [-0.2, -0.15) is 0 Å². The van der Waals surface area contributed by atoms with Crippen LogP contribution in [0.5, 0.6) is 0 Å². The maximum absolute atomic E-state index is 12.7. The molecule has 0 spiro atoms. The summed E-state index contributed by atoms with van der Waals surface area (Å²) in [6, 6.07) is -4.71. The van der Waals surface area contributed by atoms with Gasteiger partial charge in [0.2, 0.25) is 17.7 Å². The standard InChI is InChI=1S/C36H61N3O25/c1-9-20(46)27(53)28(54)35(57-9)64-31-30(63-34-18(38-11(3)44)26(52)21(47)13(5-40)60-34)24(50)15(7-42)61-36(31)62-29-19(39-12(4)45)33(59-14(6-41)23(29)49)56-8-16-22(48)25(51)17(32(55)58-16)37-10(2)43/h9,13-36,40-42,46-55H,5-8H2,1-4H3,(H,37,43)(H,38,44)(H,39,45)/t9-,13+,14+,15+,16+,17+,18+,19+,20+,21-,22-,23+,24-,25+,26+,27+,28-,29+,30-,31+,32+,33+,34+,35-,36-/m0/s1. The Bertz CT molecular complexity index is 1540. The molecule has 28 nitrogen and oxygen atoms in total. The molecule has 16 N–H and O–H groups in total. The summed E-state index contributed by atoms with van der Waals surface area (Å²) >= 11 is 0. The van der Waals surface area contributed by atoms with E-state index < -0.39 is 197 Å². The van der Waals surface area contributed by atoms with Crippen LogP contribution >= 0.6 is 0 Å². The van der Waals surface area contributed by atoms with Gasteiger partial charge in [0.25, 0.3) is 0 Å². The van der Waals surface area contributed by atoms with Crippen LogP contribution < -0.4 is 16.0 Å². The lowest BCUT2D eigenvalue weighted by atomic mass is 9.94. The molecule has 0 unspecified atom stereocenters. The van der Waals surface area contributed by atoms with Crippen molar-refractivity contribution in [2.75, 3.05) is 26.4 Å². The van der Waals surface area contributed by atoms with E-state index in [1.807, 2.05) is 0 Å². The Hall–Kier alpha value is -2.47. The average Bonchev–Trinajstić information content (AvgIpc) is 3.24. The summed E-state index contributed by atoms with van der Waals surface area (Å²) in [4.78, 5) is 36.5. The van der Waals surface area contributed by atoms with Crippen LogP contribution in [0.4, 0.5) is 0 Å². The summed E-state index contributed by atoms with van der Waals surface area (Å²) in [5.74, 6) is -2.21. The number of ether oxygens (including phenoxy) is 9. The molecule has 64 heavy (non-hydrogen) atoms. The molecule has 0 aromatic rings.